The van der Waals surface area contributed by atoms with E-state index in [0.29, 0.717) is 26.1 Å². The van der Waals surface area contributed by atoms with E-state index in [2.05, 4.69) is 26.2 Å². The molecule has 0 aliphatic rings. The third-order valence-electron chi connectivity index (χ3n) is 2.43. The van der Waals surface area contributed by atoms with Crippen molar-refractivity contribution in [3.05, 3.63) is 28.5 Å². The Kier molecular flexibility index (Phi) is 6.05. The predicted molar refractivity (Wildman–Crippen MR) is 70.8 cm³/mol. The second kappa shape index (κ2) is 7.06. The fourth-order valence-electron chi connectivity index (χ4n) is 1.42. The van der Waals surface area contributed by atoms with Crippen molar-refractivity contribution in [1.29, 1.82) is 0 Å². The molecular formula is C12H19BrN2O2. The Morgan fingerprint density at radius 1 is 1.53 bits per heavy atom. The zero-order valence-corrected chi connectivity index (χ0v) is 11.8. The highest BCUT2D eigenvalue weighted by Gasteiger charge is 2.19. The van der Waals surface area contributed by atoms with E-state index in [-0.39, 0.29) is 0 Å². The van der Waals surface area contributed by atoms with Crippen LogP contribution in [-0.2, 0) is 11.3 Å². The third kappa shape index (κ3) is 6.12. The average Bonchev–Trinajstić information content (AvgIpc) is 2.26. The highest BCUT2D eigenvalue weighted by atomic mass is 79.9. The first-order valence-corrected chi connectivity index (χ1v) is 6.36. The number of nitrogens with zero attached hydrogens (tertiary/aromatic N) is 1. The van der Waals surface area contributed by atoms with Crippen LogP contribution in [0.5, 0.6) is 0 Å². The van der Waals surface area contributed by atoms with Crippen LogP contribution < -0.4 is 5.32 Å². The standard InChI is InChI=1S/C12H19BrN2O2/c1-12(16,6-7-17-2)9-14-8-10-4-3-5-11(13)15-10/h3-5,14,16H,6-9H2,1-2H3. The third-order valence-corrected chi connectivity index (χ3v) is 2.87. The largest absolute Gasteiger partial charge is 0.389 e. The highest BCUT2D eigenvalue weighted by Crippen LogP contribution is 2.09. The van der Waals surface area contributed by atoms with Gasteiger partial charge in [-0.1, -0.05) is 6.07 Å². The summed E-state index contributed by atoms with van der Waals surface area (Å²) < 4.78 is 5.77. The molecule has 4 nitrogen and oxygen atoms in total. The summed E-state index contributed by atoms with van der Waals surface area (Å²) in [7, 11) is 1.63. The van der Waals surface area contributed by atoms with Crippen molar-refractivity contribution >= 4 is 15.9 Å². The van der Waals surface area contributed by atoms with Crippen LogP contribution in [0, 0.1) is 0 Å². The van der Waals surface area contributed by atoms with Crippen molar-refractivity contribution in [2.45, 2.75) is 25.5 Å². The Bertz CT molecular complexity index is 345. The number of aromatic nitrogens is 1. The van der Waals surface area contributed by atoms with Gasteiger partial charge >= 0.3 is 0 Å². The molecule has 1 aromatic rings. The van der Waals surface area contributed by atoms with E-state index < -0.39 is 5.60 Å². The van der Waals surface area contributed by atoms with Crippen LogP contribution in [0.1, 0.15) is 19.0 Å². The van der Waals surface area contributed by atoms with E-state index in [1.807, 2.05) is 18.2 Å². The molecule has 0 saturated carbocycles. The summed E-state index contributed by atoms with van der Waals surface area (Å²) in [4.78, 5) is 4.30. The number of ether oxygens (including phenoxy) is 1. The second-order valence-electron chi connectivity index (χ2n) is 4.29. The second-order valence-corrected chi connectivity index (χ2v) is 5.11. The van der Waals surface area contributed by atoms with Gasteiger partial charge in [-0.05, 0) is 35.0 Å². The van der Waals surface area contributed by atoms with Crippen molar-refractivity contribution in [1.82, 2.24) is 10.3 Å². The predicted octanol–water partition coefficient (Wildman–Crippen LogP) is 1.72. The van der Waals surface area contributed by atoms with Gasteiger partial charge in [-0.15, -0.1) is 0 Å². The zero-order chi connectivity index (χ0) is 12.7. The Morgan fingerprint density at radius 2 is 2.29 bits per heavy atom. The lowest BCUT2D eigenvalue weighted by molar-refractivity contribution is 0.0247. The Hall–Kier alpha value is -0.490. The van der Waals surface area contributed by atoms with Gasteiger partial charge in [0.1, 0.15) is 4.60 Å². The van der Waals surface area contributed by atoms with Gasteiger partial charge in [-0.3, -0.25) is 0 Å². The molecule has 0 saturated heterocycles. The van der Waals surface area contributed by atoms with Gasteiger partial charge in [0.05, 0.1) is 11.3 Å². The summed E-state index contributed by atoms with van der Waals surface area (Å²) in [5.74, 6) is 0. The molecule has 0 fully saturated rings. The number of aliphatic hydroxyl groups is 1. The lowest BCUT2D eigenvalue weighted by Crippen LogP contribution is -2.38. The molecule has 0 aromatic carbocycles. The highest BCUT2D eigenvalue weighted by molar-refractivity contribution is 9.10. The van der Waals surface area contributed by atoms with Gasteiger partial charge in [0.25, 0.3) is 0 Å². The number of rotatable bonds is 7. The van der Waals surface area contributed by atoms with Crippen LogP contribution in [-0.4, -0.2) is 36.0 Å². The molecule has 1 aromatic heterocycles. The maximum atomic E-state index is 10.0. The number of hydrogen-bond donors (Lipinski definition) is 2. The Morgan fingerprint density at radius 3 is 2.94 bits per heavy atom. The molecule has 1 unspecified atom stereocenters. The van der Waals surface area contributed by atoms with Gasteiger partial charge in [0, 0.05) is 33.2 Å². The molecule has 0 spiro atoms. The summed E-state index contributed by atoms with van der Waals surface area (Å²) in [6.45, 7) is 3.52. The monoisotopic (exact) mass is 302 g/mol. The maximum Gasteiger partial charge on any atom is 0.106 e. The van der Waals surface area contributed by atoms with E-state index in [1.54, 1.807) is 14.0 Å². The number of nitrogens with one attached hydrogen (secondary N) is 1. The smallest absolute Gasteiger partial charge is 0.106 e. The van der Waals surface area contributed by atoms with Crippen LogP contribution in [0.15, 0.2) is 22.8 Å². The topological polar surface area (TPSA) is 54.4 Å². The minimum absolute atomic E-state index is 0.518. The van der Waals surface area contributed by atoms with Crippen molar-refractivity contribution in [3.8, 4) is 0 Å². The number of hydrogen-bond acceptors (Lipinski definition) is 4. The van der Waals surface area contributed by atoms with Gasteiger partial charge in [0.2, 0.25) is 0 Å². The van der Waals surface area contributed by atoms with E-state index in [0.717, 1.165) is 10.3 Å². The van der Waals surface area contributed by atoms with Crippen LogP contribution >= 0.6 is 15.9 Å². The van der Waals surface area contributed by atoms with Crippen LogP contribution in [0.3, 0.4) is 0 Å². The van der Waals surface area contributed by atoms with Gasteiger partial charge in [-0.2, -0.15) is 0 Å². The molecule has 0 bridgehead atoms. The van der Waals surface area contributed by atoms with Crippen LogP contribution in [0.2, 0.25) is 0 Å². The normalized spacial score (nSPS) is 14.6. The fraction of sp³-hybridized carbons (Fsp3) is 0.583. The molecule has 0 aliphatic carbocycles. The molecule has 1 rings (SSSR count). The van der Waals surface area contributed by atoms with Crippen molar-refractivity contribution in [2.24, 2.45) is 0 Å². The van der Waals surface area contributed by atoms with Crippen LogP contribution in [0.25, 0.3) is 0 Å². The molecule has 0 aliphatic heterocycles. The van der Waals surface area contributed by atoms with E-state index >= 15 is 0 Å². The Labute approximate surface area is 111 Å². The molecule has 2 N–H and O–H groups in total. The summed E-state index contributed by atoms with van der Waals surface area (Å²) in [6.07, 6.45) is 0.614. The van der Waals surface area contributed by atoms with E-state index in [4.69, 9.17) is 4.74 Å². The molecular weight excluding hydrogens is 284 g/mol. The maximum absolute atomic E-state index is 10.0. The quantitative estimate of drug-likeness (QED) is 0.753. The van der Waals surface area contributed by atoms with Crippen molar-refractivity contribution < 1.29 is 9.84 Å². The van der Waals surface area contributed by atoms with Gasteiger partial charge in [0.15, 0.2) is 0 Å². The summed E-state index contributed by atoms with van der Waals surface area (Å²) in [6, 6.07) is 5.77. The van der Waals surface area contributed by atoms with E-state index in [9.17, 15) is 5.11 Å². The molecule has 1 heterocycles. The minimum atomic E-state index is -0.748. The Balaban J connectivity index is 2.32. The SMILES string of the molecule is COCCC(C)(O)CNCc1cccc(Br)n1. The fourth-order valence-corrected chi connectivity index (χ4v) is 1.80. The minimum Gasteiger partial charge on any atom is -0.389 e. The molecule has 96 valence electrons. The summed E-state index contributed by atoms with van der Waals surface area (Å²) >= 11 is 3.32. The lowest BCUT2D eigenvalue weighted by atomic mass is 10.0. The zero-order valence-electron chi connectivity index (χ0n) is 10.2. The first-order valence-electron chi connectivity index (χ1n) is 5.57. The van der Waals surface area contributed by atoms with Crippen molar-refractivity contribution in [3.63, 3.8) is 0 Å². The molecule has 1 atom stereocenters. The first kappa shape index (κ1) is 14.6. The summed E-state index contributed by atoms with van der Waals surface area (Å²) in [5, 5.41) is 13.2. The molecule has 17 heavy (non-hydrogen) atoms. The molecule has 5 heteroatoms. The first-order chi connectivity index (χ1) is 8.03. The lowest BCUT2D eigenvalue weighted by Gasteiger charge is -2.23. The summed E-state index contributed by atoms with van der Waals surface area (Å²) in [5.41, 5.74) is 0.198. The number of halogens is 1. The number of methoxy groups -OCH3 is 1. The van der Waals surface area contributed by atoms with Crippen molar-refractivity contribution in [2.75, 3.05) is 20.3 Å². The molecule has 0 radical (unpaired) electrons. The molecule has 0 amide bonds. The number of pyridine rings is 1. The average molecular weight is 303 g/mol. The van der Waals surface area contributed by atoms with Gasteiger partial charge in [-0.25, -0.2) is 4.98 Å². The van der Waals surface area contributed by atoms with E-state index in [1.165, 1.54) is 0 Å². The van der Waals surface area contributed by atoms with Gasteiger partial charge < -0.3 is 15.2 Å². The van der Waals surface area contributed by atoms with Crippen LogP contribution in [0.4, 0.5) is 0 Å².